The molecule has 0 atom stereocenters. The van der Waals surface area contributed by atoms with Gasteiger partial charge in [0.2, 0.25) is 0 Å². The molecule has 8 heteroatoms. The van der Waals surface area contributed by atoms with Crippen LogP contribution in [0.15, 0.2) is 76.0 Å². The van der Waals surface area contributed by atoms with Crippen LogP contribution in [0.4, 0.5) is 20.5 Å². The molecule has 0 aliphatic rings. The van der Waals surface area contributed by atoms with Crippen LogP contribution >= 0.6 is 15.9 Å². The molecule has 0 spiro atoms. The van der Waals surface area contributed by atoms with E-state index in [1.807, 2.05) is 0 Å². The van der Waals surface area contributed by atoms with E-state index in [0.29, 0.717) is 27.4 Å². The first-order valence-electron chi connectivity index (χ1n) is 8.60. The van der Waals surface area contributed by atoms with E-state index in [1.54, 1.807) is 42.7 Å². The molecule has 29 heavy (non-hydrogen) atoms. The zero-order valence-corrected chi connectivity index (χ0v) is 16.5. The maximum absolute atomic E-state index is 13.8. The van der Waals surface area contributed by atoms with Crippen LogP contribution in [-0.2, 0) is 6.42 Å². The van der Waals surface area contributed by atoms with Gasteiger partial charge in [0.1, 0.15) is 28.9 Å². The smallest absolute Gasteiger partial charge is 0.299 e. The summed E-state index contributed by atoms with van der Waals surface area (Å²) in [6, 6.07) is 12.9. The van der Waals surface area contributed by atoms with Crippen molar-refractivity contribution in [2.24, 2.45) is 0 Å². The van der Waals surface area contributed by atoms with Crippen LogP contribution in [0.3, 0.4) is 0 Å². The van der Waals surface area contributed by atoms with Gasteiger partial charge >= 0.3 is 0 Å². The fourth-order valence-corrected chi connectivity index (χ4v) is 3.10. The average molecular weight is 458 g/mol. The number of halogens is 3. The molecule has 4 rings (SSSR count). The van der Waals surface area contributed by atoms with Crippen LogP contribution in [0.5, 0.6) is 11.5 Å². The van der Waals surface area contributed by atoms with Crippen molar-refractivity contribution in [3.05, 3.63) is 94.6 Å². The van der Waals surface area contributed by atoms with E-state index in [9.17, 15) is 8.78 Å². The number of oxazole rings is 1. The molecular weight excluding hydrogens is 444 g/mol. The minimum Gasteiger partial charge on any atom is -0.455 e. The van der Waals surface area contributed by atoms with Gasteiger partial charge in [-0.1, -0.05) is 6.07 Å². The average Bonchev–Trinajstić information content (AvgIpc) is 3.15. The molecule has 5 nitrogen and oxygen atoms in total. The largest absolute Gasteiger partial charge is 0.455 e. The predicted molar refractivity (Wildman–Crippen MR) is 107 cm³/mol. The summed E-state index contributed by atoms with van der Waals surface area (Å²) in [4.78, 5) is 8.12. The molecule has 0 saturated carbocycles. The van der Waals surface area contributed by atoms with Crippen molar-refractivity contribution in [2.45, 2.75) is 6.42 Å². The lowest BCUT2D eigenvalue weighted by atomic mass is 10.1. The van der Waals surface area contributed by atoms with Gasteiger partial charge in [-0.05, 0) is 58.4 Å². The molecular formula is C21H14BrF2N3O2. The summed E-state index contributed by atoms with van der Waals surface area (Å²) in [5, 5.41) is 3.01. The van der Waals surface area contributed by atoms with Crippen LogP contribution < -0.4 is 10.1 Å². The Morgan fingerprint density at radius 2 is 1.86 bits per heavy atom. The van der Waals surface area contributed by atoms with Crippen molar-refractivity contribution < 1.29 is 17.9 Å². The van der Waals surface area contributed by atoms with Gasteiger partial charge in [0.05, 0.1) is 16.9 Å². The maximum atomic E-state index is 13.8. The Morgan fingerprint density at radius 1 is 1.03 bits per heavy atom. The molecule has 0 unspecified atom stereocenters. The number of aromatic nitrogens is 2. The predicted octanol–water partition coefficient (Wildman–Crippen LogP) is 6.24. The highest BCUT2D eigenvalue weighted by molar-refractivity contribution is 9.10. The summed E-state index contributed by atoms with van der Waals surface area (Å²) < 4.78 is 39.6. The highest BCUT2D eigenvalue weighted by Gasteiger charge is 2.13. The monoisotopic (exact) mass is 457 g/mol. The molecule has 2 aromatic heterocycles. The maximum Gasteiger partial charge on any atom is 0.299 e. The summed E-state index contributed by atoms with van der Waals surface area (Å²) in [6.45, 7) is 0. The fourth-order valence-electron chi connectivity index (χ4n) is 2.64. The lowest BCUT2D eigenvalue weighted by Crippen LogP contribution is -1.95. The van der Waals surface area contributed by atoms with E-state index in [2.05, 4.69) is 31.2 Å². The normalized spacial score (nSPS) is 10.7. The summed E-state index contributed by atoms with van der Waals surface area (Å²) in [6.07, 6.45) is 4.68. The number of hydrogen-bond donors (Lipinski definition) is 1. The molecule has 1 N–H and O–H groups in total. The number of hydrogen-bond acceptors (Lipinski definition) is 5. The van der Waals surface area contributed by atoms with Crippen molar-refractivity contribution in [3.8, 4) is 11.5 Å². The molecule has 0 radical (unpaired) electrons. The molecule has 0 bridgehead atoms. The molecule has 2 aromatic carbocycles. The van der Waals surface area contributed by atoms with Crippen molar-refractivity contribution >= 4 is 27.6 Å². The van der Waals surface area contributed by atoms with Gasteiger partial charge in [-0.3, -0.25) is 4.98 Å². The second-order valence-electron chi connectivity index (χ2n) is 6.07. The van der Waals surface area contributed by atoms with E-state index in [-0.39, 0.29) is 18.0 Å². The van der Waals surface area contributed by atoms with Crippen LogP contribution in [0, 0.1) is 11.6 Å². The molecule has 146 valence electrons. The Hall–Kier alpha value is -3.26. The number of pyridine rings is 1. The first-order chi connectivity index (χ1) is 14.1. The summed E-state index contributed by atoms with van der Waals surface area (Å²) in [5.74, 6) is 0.332. The lowest BCUT2D eigenvalue weighted by Gasteiger charge is -2.09. The van der Waals surface area contributed by atoms with Crippen LogP contribution in [0.1, 0.15) is 11.3 Å². The minimum absolute atomic E-state index is 0.0330. The Morgan fingerprint density at radius 3 is 2.59 bits per heavy atom. The van der Waals surface area contributed by atoms with Crippen molar-refractivity contribution in [1.29, 1.82) is 0 Å². The standard InChI is InChI=1S/C21H14BrF2N3O2/c22-17-9-13(6-7-20(17)28-14-3-2-8-25-11-14)27-21-26-12-15(29-21)10-16-18(23)4-1-5-19(16)24/h1-9,11-12H,10H2,(H,26,27). The highest BCUT2D eigenvalue weighted by Crippen LogP contribution is 2.32. The van der Waals surface area contributed by atoms with Crippen LogP contribution in [-0.4, -0.2) is 9.97 Å². The summed E-state index contributed by atoms with van der Waals surface area (Å²) >= 11 is 3.46. The third-order valence-corrected chi connectivity index (χ3v) is 4.63. The first-order valence-corrected chi connectivity index (χ1v) is 9.40. The molecule has 0 fully saturated rings. The minimum atomic E-state index is -0.621. The zero-order valence-electron chi connectivity index (χ0n) is 14.9. The third-order valence-electron chi connectivity index (χ3n) is 4.01. The lowest BCUT2D eigenvalue weighted by molar-refractivity contribution is 0.477. The summed E-state index contributed by atoms with van der Waals surface area (Å²) in [5.41, 5.74) is 0.635. The van der Waals surface area contributed by atoms with Crippen LogP contribution in [0.25, 0.3) is 0 Å². The first kappa shape index (κ1) is 19.1. The van der Waals surface area contributed by atoms with Gasteiger partial charge < -0.3 is 14.5 Å². The molecule has 0 aliphatic carbocycles. The van der Waals surface area contributed by atoms with Crippen molar-refractivity contribution in [1.82, 2.24) is 9.97 Å². The number of nitrogens with zero attached hydrogens (tertiary/aromatic N) is 2. The SMILES string of the molecule is Fc1cccc(F)c1Cc1cnc(Nc2ccc(Oc3cccnc3)c(Br)c2)o1. The number of nitrogens with one attached hydrogen (secondary N) is 1. The molecule has 0 amide bonds. The number of rotatable bonds is 6. The second kappa shape index (κ2) is 8.40. The molecule has 4 aromatic rings. The Kier molecular flexibility index (Phi) is 5.53. The van der Waals surface area contributed by atoms with Gasteiger partial charge in [-0.15, -0.1) is 0 Å². The Bertz CT molecular complexity index is 1120. The van der Waals surface area contributed by atoms with Crippen molar-refractivity contribution in [3.63, 3.8) is 0 Å². The van der Waals surface area contributed by atoms with Gasteiger partial charge in [-0.25, -0.2) is 13.8 Å². The van der Waals surface area contributed by atoms with E-state index in [0.717, 1.165) is 0 Å². The van der Waals surface area contributed by atoms with E-state index >= 15 is 0 Å². The second-order valence-corrected chi connectivity index (χ2v) is 6.92. The van der Waals surface area contributed by atoms with E-state index < -0.39 is 11.6 Å². The van der Waals surface area contributed by atoms with Gasteiger partial charge in [0.15, 0.2) is 0 Å². The number of ether oxygens (including phenoxy) is 1. The Labute approximate surface area is 173 Å². The zero-order chi connectivity index (χ0) is 20.2. The molecule has 0 aliphatic heterocycles. The third kappa shape index (κ3) is 4.60. The van der Waals surface area contributed by atoms with E-state index in [1.165, 1.54) is 24.4 Å². The fraction of sp³-hybridized carbons (Fsp3) is 0.0476. The van der Waals surface area contributed by atoms with Gasteiger partial charge in [0, 0.05) is 23.9 Å². The van der Waals surface area contributed by atoms with Gasteiger partial charge in [0.25, 0.3) is 6.01 Å². The van der Waals surface area contributed by atoms with E-state index in [4.69, 9.17) is 9.15 Å². The number of benzene rings is 2. The van der Waals surface area contributed by atoms with Gasteiger partial charge in [-0.2, -0.15) is 0 Å². The number of anilines is 2. The highest BCUT2D eigenvalue weighted by atomic mass is 79.9. The Balaban J connectivity index is 1.45. The topological polar surface area (TPSA) is 60.2 Å². The molecule has 2 heterocycles. The quantitative estimate of drug-likeness (QED) is 0.371. The van der Waals surface area contributed by atoms with Crippen LogP contribution in [0.2, 0.25) is 0 Å². The summed E-state index contributed by atoms with van der Waals surface area (Å²) in [7, 11) is 0. The van der Waals surface area contributed by atoms with Crippen molar-refractivity contribution in [2.75, 3.05) is 5.32 Å². The molecule has 0 saturated heterocycles.